The standard InChI is InChI=1S/C14H18N4O3S/c1-15-22(20,21)13-6-4-5-12(7-13)14(19)17(2)9-11-8-16-18(3)10-11/h4-8,10,15H,9H2,1-3H3. The SMILES string of the molecule is CNS(=O)(=O)c1cccc(C(=O)N(C)Cc2cnn(C)c2)c1. The Hall–Kier alpha value is -2.19. The lowest BCUT2D eigenvalue weighted by atomic mass is 10.2. The summed E-state index contributed by atoms with van der Waals surface area (Å²) < 4.78 is 27.5. The highest BCUT2D eigenvalue weighted by molar-refractivity contribution is 7.89. The van der Waals surface area contributed by atoms with Crippen LogP contribution < -0.4 is 4.72 Å². The molecule has 0 atom stereocenters. The summed E-state index contributed by atoms with van der Waals surface area (Å²) >= 11 is 0. The van der Waals surface area contributed by atoms with Gasteiger partial charge in [0.2, 0.25) is 10.0 Å². The molecule has 0 spiro atoms. The summed E-state index contributed by atoms with van der Waals surface area (Å²) in [6.07, 6.45) is 3.51. The van der Waals surface area contributed by atoms with Crippen molar-refractivity contribution in [1.82, 2.24) is 19.4 Å². The first-order chi connectivity index (χ1) is 10.3. The van der Waals surface area contributed by atoms with Crippen molar-refractivity contribution in [3.8, 4) is 0 Å². The Balaban J connectivity index is 2.20. The Bertz CT molecular complexity index is 783. The van der Waals surface area contributed by atoms with Gasteiger partial charge in [0.05, 0.1) is 11.1 Å². The molecule has 0 aliphatic carbocycles. The maximum absolute atomic E-state index is 12.4. The second-order valence-corrected chi connectivity index (χ2v) is 6.81. The van der Waals surface area contributed by atoms with Crippen LogP contribution in [0.25, 0.3) is 0 Å². The van der Waals surface area contributed by atoms with Crippen LogP contribution in [0.5, 0.6) is 0 Å². The van der Waals surface area contributed by atoms with Gasteiger partial charge in [-0.25, -0.2) is 13.1 Å². The number of hydrogen-bond acceptors (Lipinski definition) is 4. The number of amides is 1. The molecule has 22 heavy (non-hydrogen) atoms. The van der Waals surface area contributed by atoms with E-state index >= 15 is 0 Å². The number of carbonyl (C=O) groups is 1. The number of rotatable bonds is 5. The van der Waals surface area contributed by atoms with Crippen LogP contribution in [0.1, 0.15) is 15.9 Å². The van der Waals surface area contributed by atoms with Gasteiger partial charge in [-0.15, -0.1) is 0 Å². The van der Waals surface area contributed by atoms with Crippen LogP contribution in [0.2, 0.25) is 0 Å². The van der Waals surface area contributed by atoms with Crippen molar-refractivity contribution in [1.29, 1.82) is 0 Å². The van der Waals surface area contributed by atoms with E-state index in [0.717, 1.165) is 5.56 Å². The molecule has 0 aliphatic rings. The van der Waals surface area contributed by atoms with Crippen molar-refractivity contribution in [3.05, 3.63) is 47.8 Å². The molecule has 0 fully saturated rings. The lowest BCUT2D eigenvalue weighted by molar-refractivity contribution is 0.0785. The van der Waals surface area contributed by atoms with E-state index in [0.29, 0.717) is 12.1 Å². The molecule has 0 bridgehead atoms. The van der Waals surface area contributed by atoms with Crippen LogP contribution in [0.3, 0.4) is 0 Å². The van der Waals surface area contributed by atoms with E-state index in [2.05, 4.69) is 9.82 Å². The Kier molecular flexibility index (Phi) is 4.62. The number of carbonyl (C=O) groups excluding carboxylic acids is 1. The fourth-order valence-corrected chi connectivity index (χ4v) is 2.81. The second-order valence-electron chi connectivity index (χ2n) is 4.92. The molecule has 1 amide bonds. The van der Waals surface area contributed by atoms with Crippen molar-refractivity contribution < 1.29 is 13.2 Å². The van der Waals surface area contributed by atoms with Crippen LogP contribution in [0, 0.1) is 0 Å². The first kappa shape index (κ1) is 16.2. The van der Waals surface area contributed by atoms with E-state index in [-0.39, 0.29) is 10.8 Å². The van der Waals surface area contributed by atoms with Gasteiger partial charge < -0.3 is 4.90 Å². The van der Waals surface area contributed by atoms with Crippen molar-refractivity contribution in [3.63, 3.8) is 0 Å². The third kappa shape index (κ3) is 3.52. The Labute approximate surface area is 129 Å². The third-order valence-electron chi connectivity index (χ3n) is 3.18. The molecule has 0 saturated carbocycles. The van der Waals surface area contributed by atoms with Gasteiger partial charge in [-0.05, 0) is 25.2 Å². The Morgan fingerprint density at radius 2 is 2.14 bits per heavy atom. The Morgan fingerprint density at radius 3 is 2.73 bits per heavy atom. The molecule has 1 aromatic heterocycles. The molecule has 118 valence electrons. The van der Waals surface area contributed by atoms with E-state index in [1.165, 1.54) is 24.1 Å². The van der Waals surface area contributed by atoms with Crippen LogP contribution in [-0.4, -0.2) is 43.1 Å². The third-order valence-corrected chi connectivity index (χ3v) is 4.60. The summed E-state index contributed by atoms with van der Waals surface area (Å²) in [5.41, 5.74) is 1.22. The van der Waals surface area contributed by atoms with Crippen molar-refractivity contribution in [2.75, 3.05) is 14.1 Å². The van der Waals surface area contributed by atoms with Crippen LogP contribution in [0.15, 0.2) is 41.6 Å². The average Bonchev–Trinajstić information content (AvgIpc) is 2.91. The number of hydrogen-bond donors (Lipinski definition) is 1. The quantitative estimate of drug-likeness (QED) is 0.874. The normalized spacial score (nSPS) is 11.4. The topological polar surface area (TPSA) is 84.3 Å². The van der Waals surface area contributed by atoms with Crippen molar-refractivity contribution in [2.24, 2.45) is 7.05 Å². The molecule has 0 saturated heterocycles. The Morgan fingerprint density at radius 1 is 1.41 bits per heavy atom. The fraction of sp³-hybridized carbons (Fsp3) is 0.286. The highest BCUT2D eigenvalue weighted by Gasteiger charge is 2.17. The zero-order valence-corrected chi connectivity index (χ0v) is 13.5. The van der Waals surface area contributed by atoms with Crippen LogP contribution in [0.4, 0.5) is 0 Å². The molecule has 1 aromatic carbocycles. The zero-order chi connectivity index (χ0) is 16.3. The smallest absolute Gasteiger partial charge is 0.253 e. The van der Waals surface area contributed by atoms with E-state index in [4.69, 9.17) is 0 Å². The largest absolute Gasteiger partial charge is 0.337 e. The summed E-state index contributed by atoms with van der Waals surface area (Å²) in [6, 6.07) is 5.96. The summed E-state index contributed by atoms with van der Waals surface area (Å²) in [7, 11) is 1.23. The second kappa shape index (κ2) is 6.29. The fourth-order valence-electron chi connectivity index (χ4n) is 2.03. The molecule has 0 aliphatic heterocycles. The molecule has 2 aromatic rings. The van der Waals surface area contributed by atoms with Gasteiger partial charge in [0.1, 0.15) is 0 Å². The summed E-state index contributed by atoms with van der Waals surface area (Å²) in [5, 5.41) is 4.05. The van der Waals surface area contributed by atoms with E-state index in [9.17, 15) is 13.2 Å². The highest BCUT2D eigenvalue weighted by atomic mass is 32.2. The minimum atomic E-state index is -3.57. The molecule has 1 N–H and O–H groups in total. The van der Waals surface area contributed by atoms with E-state index in [1.807, 2.05) is 6.20 Å². The predicted octanol–water partition coefficient (Wildman–Crippen LogP) is 0.600. The minimum absolute atomic E-state index is 0.0654. The van der Waals surface area contributed by atoms with Crippen molar-refractivity contribution >= 4 is 15.9 Å². The van der Waals surface area contributed by atoms with Gasteiger partial charge in [-0.1, -0.05) is 6.07 Å². The van der Waals surface area contributed by atoms with Crippen LogP contribution in [-0.2, 0) is 23.6 Å². The minimum Gasteiger partial charge on any atom is -0.337 e. The summed E-state index contributed by atoms with van der Waals surface area (Å²) in [5.74, 6) is -0.253. The number of nitrogens with zero attached hydrogens (tertiary/aromatic N) is 3. The first-order valence-corrected chi connectivity index (χ1v) is 8.08. The highest BCUT2D eigenvalue weighted by Crippen LogP contribution is 2.13. The number of nitrogens with one attached hydrogen (secondary N) is 1. The molecule has 8 heteroatoms. The molecular weight excluding hydrogens is 304 g/mol. The maximum Gasteiger partial charge on any atom is 0.253 e. The zero-order valence-electron chi connectivity index (χ0n) is 12.6. The monoisotopic (exact) mass is 322 g/mol. The van der Waals surface area contributed by atoms with Gasteiger partial charge in [-0.3, -0.25) is 9.48 Å². The molecule has 2 rings (SSSR count). The number of sulfonamides is 1. The van der Waals surface area contributed by atoms with Gasteiger partial charge in [0, 0.05) is 38.0 Å². The number of aryl methyl sites for hydroxylation is 1. The van der Waals surface area contributed by atoms with Gasteiger partial charge in [0.15, 0.2) is 0 Å². The van der Waals surface area contributed by atoms with Gasteiger partial charge >= 0.3 is 0 Å². The van der Waals surface area contributed by atoms with E-state index < -0.39 is 10.0 Å². The molecule has 0 radical (unpaired) electrons. The molecule has 1 heterocycles. The lowest BCUT2D eigenvalue weighted by Gasteiger charge is -2.16. The van der Waals surface area contributed by atoms with E-state index in [1.54, 1.807) is 37.1 Å². The number of benzene rings is 1. The summed E-state index contributed by atoms with van der Waals surface area (Å²) in [6.45, 7) is 0.398. The first-order valence-electron chi connectivity index (χ1n) is 6.60. The van der Waals surface area contributed by atoms with Gasteiger partial charge in [-0.2, -0.15) is 5.10 Å². The molecule has 7 nitrogen and oxygen atoms in total. The van der Waals surface area contributed by atoms with Crippen molar-refractivity contribution in [2.45, 2.75) is 11.4 Å². The van der Waals surface area contributed by atoms with Crippen LogP contribution >= 0.6 is 0 Å². The molecular formula is C14H18N4O3S. The summed E-state index contributed by atoms with van der Waals surface area (Å²) in [4.78, 5) is 14.0. The lowest BCUT2D eigenvalue weighted by Crippen LogP contribution is -2.26. The maximum atomic E-state index is 12.4. The number of aromatic nitrogens is 2. The average molecular weight is 322 g/mol. The predicted molar refractivity (Wildman–Crippen MR) is 81.7 cm³/mol. The van der Waals surface area contributed by atoms with Gasteiger partial charge in [0.25, 0.3) is 5.91 Å². The molecule has 0 unspecified atom stereocenters.